The van der Waals surface area contributed by atoms with Crippen molar-refractivity contribution >= 4 is 0 Å². The van der Waals surface area contributed by atoms with Crippen LogP contribution in [0.4, 0.5) is 0 Å². The molecule has 18 heavy (non-hydrogen) atoms. The van der Waals surface area contributed by atoms with E-state index in [1.165, 1.54) is 31.4 Å². The molecule has 0 bridgehead atoms. The molecule has 1 fully saturated rings. The summed E-state index contributed by atoms with van der Waals surface area (Å²) in [4.78, 5) is 2.58. The van der Waals surface area contributed by atoms with Crippen LogP contribution < -0.4 is 5.73 Å². The fourth-order valence-corrected chi connectivity index (χ4v) is 2.89. The van der Waals surface area contributed by atoms with E-state index >= 15 is 0 Å². The molecule has 0 heterocycles. The molecule has 2 unspecified atom stereocenters. The first kappa shape index (κ1) is 13.6. The molecule has 0 aliphatic heterocycles. The molecule has 0 radical (unpaired) electrons. The Morgan fingerprint density at radius 1 is 1.22 bits per heavy atom. The minimum atomic E-state index is 0.445. The van der Waals surface area contributed by atoms with Crippen molar-refractivity contribution in [2.45, 2.75) is 51.7 Å². The number of nitrogens with two attached hydrogens (primary N) is 1. The van der Waals surface area contributed by atoms with Gasteiger partial charge in [0.2, 0.25) is 0 Å². The van der Waals surface area contributed by atoms with Crippen molar-refractivity contribution in [3.63, 3.8) is 0 Å². The van der Waals surface area contributed by atoms with Crippen LogP contribution in [0.1, 0.15) is 38.7 Å². The Kier molecular flexibility index (Phi) is 4.79. The van der Waals surface area contributed by atoms with E-state index in [0.717, 1.165) is 12.5 Å². The minimum Gasteiger partial charge on any atom is -0.328 e. The quantitative estimate of drug-likeness (QED) is 0.865. The molecule has 2 rings (SSSR count). The highest BCUT2D eigenvalue weighted by Crippen LogP contribution is 2.26. The predicted octanol–water partition coefficient (Wildman–Crippen LogP) is 3.02. The average Bonchev–Trinajstić information content (AvgIpc) is 2.75. The summed E-state index contributed by atoms with van der Waals surface area (Å²) < 4.78 is 0. The lowest BCUT2D eigenvalue weighted by atomic mass is 10.1. The molecule has 1 aromatic carbocycles. The van der Waals surface area contributed by atoms with Gasteiger partial charge in [0.15, 0.2) is 0 Å². The van der Waals surface area contributed by atoms with E-state index in [-0.39, 0.29) is 0 Å². The Balaban J connectivity index is 1.92. The van der Waals surface area contributed by atoms with Crippen molar-refractivity contribution < 1.29 is 0 Å². The molecule has 2 atom stereocenters. The van der Waals surface area contributed by atoms with Gasteiger partial charge in [-0.25, -0.2) is 0 Å². The van der Waals surface area contributed by atoms with E-state index in [0.29, 0.717) is 12.1 Å². The molecule has 0 spiro atoms. The molecule has 0 amide bonds. The first-order valence-electron chi connectivity index (χ1n) is 7.18. The smallest absolute Gasteiger partial charge is 0.0236 e. The molecular weight excluding hydrogens is 220 g/mol. The Morgan fingerprint density at radius 3 is 2.50 bits per heavy atom. The number of nitrogens with zero attached hydrogens (tertiary/aromatic N) is 1. The highest BCUT2D eigenvalue weighted by atomic mass is 15.1. The molecular formula is C16H26N2. The minimum absolute atomic E-state index is 0.445. The lowest BCUT2D eigenvalue weighted by Gasteiger charge is -2.29. The van der Waals surface area contributed by atoms with Gasteiger partial charge >= 0.3 is 0 Å². The van der Waals surface area contributed by atoms with Crippen molar-refractivity contribution in [2.24, 2.45) is 11.7 Å². The zero-order chi connectivity index (χ0) is 13.0. The largest absolute Gasteiger partial charge is 0.328 e. The Bertz CT molecular complexity index is 347. The van der Waals surface area contributed by atoms with Gasteiger partial charge in [-0.1, -0.05) is 30.3 Å². The second-order valence-corrected chi connectivity index (χ2v) is 5.95. The van der Waals surface area contributed by atoms with Gasteiger partial charge in [-0.05, 0) is 44.6 Å². The molecule has 2 nitrogen and oxygen atoms in total. The molecule has 1 aliphatic rings. The van der Waals surface area contributed by atoms with Crippen LogP contribution >= 0.6 is 0 Å². The number of benzene rings is 1. The van der Waals surface area contributed by atoms with Gasteiger partial charge in [-0.3, -0.25) is 4.90 Å². The maximum atomic E-state index is 6.01. The molecule has 0 saturated heterocycles. The van der Waals surface area contributed by atoms with Gasteiger partial charge in [0.05, 0.1) is 0 Å². The molecule has 2 heteroatoms. The lowest BCUT2D eigenvalue weighted by molar-refractivity contribution is 0.179. The average molecular weight is 246 g/mol. The van der Waals surface area contributed by atoms with E-state index in [2.05, 4.69) is 49.1 Å². The van der Waals surface area contributed by atoms with Gasteiger partial charge in [0, 0.05) is 25.2 Å². The SMILES string of the molecule is CC(C)N(Cc1ccccc1)CC1CCC(N)C1. The number of rotatable bonds is 5. The third-order valence-corrected chi connectivity index (χ3v) is 4.03. The van der Waals surface area contributed by atoms with Crippen LogP contribution in [0.5, 0.6) is 0 Å². The van der Waals surface area contributed by atoms with Gasteiger partial charge in [-0.15, -0.1) is 0 Å². The molecule has 1 aromatic rings. The Labute approximate surface area is 111 Å². The topological polar surface area (TPSA) is 29.3 Å². The van der Waals surface area contributed by atoms with Crippen molar-refractivity contribution in [1.82, 2.24) is 4.90 Å². The van der Waals surface area contributed by atoms with Crippen LogP contribution in [0.15, 0.2) is 30.3 Å². The third kappa shape index (κ3) is 3.82. The van der Waals surface area contributed by atoms with Gasteiger partial charge in [-0.2, -0.15) is 0 Å². The van der Waals surface area contributed by atoms with Gasteiger partial charge in [0.25, 0.3) is 0 Å². The highest BCUT2D eigenvalue weighted by molar-refractivity contribution is 5.14. The zero-order valence-corrected chi connectivity index (χ0v) is 11.7. The summed E-state index contributed by atoms with van der Waals surface area (Å²) in [6.45, 7) is 6.83. The van der Waals surface area contributed by atoms with Crippen molar-refractivity contribution in [2.75, 3.05) is 6.54 Å². The standard InChI is InChI=1S/C16H26N2/c1-13(2)18(11-14-6-4-3-5-7-14)12-15-8-9-16(17)10-15/h3-7,13,15-16H,8-12,17H2,1-2H3. The highest BCUT2D eigenvalue weighted by Gasteiger charge is 2.24. The van der Waals surface area contributed by atoms with Crippen LogP contribution in [0.25, 0.3) is 0 Å². The predicted molar refractivity (Wildman–Crippen MR) is 77.3 cm³/mol. The van der Waals surface area contributed by atoms with Crippen LogP contribution in [-0.2, 0) is 6.54 Å². The first-order chi connectivity index (χ1) is 8.65. The van der Waals surface area contributed by atoms with E-state index in [9.17, 15) is 0 Å². The number of hydrogen-bond acceptors (Lipinski definition) is 2. The van der Waals surface area contributed by atoms with Crippen molar-refractivity contribution in [1.29, 1.82) is 0 Å². The summed E-state index contributed by atoms with van der Waals surface area (Å²) >= 11 is 0. The van der Waals surface area contributed by atoms with Crippen LogP contribution in [-0.4, -0.2) is 23.5 Å². The third-order valence-electron chi connectivity index (χ3n) is 4.03. The number of hydrogen-bond donors (Lipinski definition) is 1. The van der Waals surface area contributed by atoms with E-state index in [1.54, 1.807) is 0 Å². The summed E-state index contributed by atoms with van der Waals surface area (Å²) in [5.74, 6) is 0.797. The zero-order valence-electron chi connectivity index (χ0n) is 11.7. The van der Waals surface area contributed by atoms with Crippen LogP contribution in [0.2, 0.25) is 0 Å². The second kappa shape index (κ2) is 6.35. The van der Waals surface area contributed by atoms with E-state index in [1.807, 2.05) is 0 Å². The van der Waals surface area contributed by atoms with Gasteiger partial charge < -0.3 is 5.73 Å². The maximum absolute atomic E-state index is 6.01. The summed E-state index contributed by atoms with van der Waals surface area (Å²) in [7, 11) is 0. The summed E-state index contributed by atoms with van der Waals surface area (Å²) in [6.07, 6.45) is 3.72. The Hall–Kier alpha value is -0.860. The molecule has 1 saturated carbocycles. The summed E-state index contributed by atoms with van der Waals surface area (Å²) in [5.41, 5.74) is 7.42. The second-order valence-electron chi connectivity index (χ2n) is 5.95. The molecule has 2 N–H and O–H groups in total. The normalized spacial score (nSPS) is 24.1. The van der Waals surface area contributed by atoms with Crippen LogP contribution in [0.3, 0.4) is 0 Å². The Morgan fingerprint density at radius 2 is 1.94 bits per heavy atom. The molecule has 1 aliphatic carbocycles. The monoisotopic (exact) mass is 246 g/mol. The lowest BCUT2D eigenvalue weighted by Crippen LogP contribution is -2.34. The maximum Gasteiger partial charge on any atom is 0.0236 e. The summed E-state index contributed by atoms with van der Waals surface area (Å²) in [6, 6.07) is 11.8. The van der Waals surface area contributed by atoms with Crippen LogP contribution in [0, 0.1) is 5.92 Å². The fourth-order valence-electron chi connectivity index (χ4n) is 2.89. The molecule has 100 valence electrons. The van der Waals surface area contributed by atoms with Crippen molar-refractivity contribution in [3.8, 4) is 0 Å². The first-order valence-corrected chi connectivity index (χ1v) is 7.18. The van der Waals surface area contributed by atoms with E-state index < -0.39 is 0 Å². The fraction of sp³-hybridized carbons (Fsp3) is 0.625. The molecule has 0 aromatic heterocycles. The van der Waals surface area contributed by atoms with Gasteiger partial charge in [0.1, 0.15) is 0 Å². The van der Waals surface area contributed by atoms with E-state index in [4.69, 9.17) is 5.73 Å². The van der Waals surface area contributed by atoms with Crippen molar-refractivity contribution in [3.05, 3.63) is 35.9 Å². The summed E-state index contributed by atoms with van der Waals surface area (Å²) in [5, 5.41) is 0.